The van der Waals surface area contributed by atoms with Crippen molar-refractivity contribution in [2.45, 2.75) is 103 Å². The van der Waals surface area contributed by atoms with Crippen molar-refractivity contribution in [2.75, 3.05) is 0 Å². The highest BCUT2D eigenvalue weighted by atomic mass is 32.2. The zero-order valence-electron chi connectivity index (χ0n) is 29.6. The number of ketones is 1. The first-order valence-corrected chi connectivity index (χ1v) is 20.1. The van der Waals surface area contributed by atoms with Gasteiger partial charge in [0.05, 0.1) is 9.10 Å². The van der Waals surface area contributed by atoms with Crippen molar-refractivity contribution >= 4 is 51.6 Å². The van der Waals surface area contributed by atoms with Gasteiger partial charge >= 0.3 is 5.97 Å². The Morgan fingerprint density at radius 3 is 2.68 bits per heavy atom. The number of carboxylic acid groups (broad SMARTS) is 1. The number of hydrogen-bond donors (Lipinski definition) is 1. The van der Waals surface area contributed by atoms with E-state index in [0.717, 1.165) is 29.0 Å². The number of benzene rings is 2. The van der Waals surface area contributed by atoms with Crippen LogP contribution in [0.3, 0.4) is 0 Å². The molecule has 5 unspecified atom stereocenters. The molecule has 0 amide bonds. The second kappa shape index (κ2) is 17.3. The van der Waals surface area contributed by atoms with Gasteiger partial charge in [0.25, 0.3) is 0 Å². The fourth-order valence-electron chi connectivity index (χ4n) is 8.91. The molecule has 0 spiro atoms. The van der Waals surface area contributed by atoms with Crippen LogP contribution < -0.4 is 0 Å². The molecule has 0 bridgehead atoms. The van der Waals surface area contributed by atoms with Gasteiger partial charge in [-0.1, -0.05) is 109 Å². The smallest absolute Gasteiger partial charge is 0.303 e. The maximum absolute atomic E-state index is 13.2. The molecule has 2 aromatic carbocycles. The number of fused-ring (bicyclic) bond motifs is 3. The van der Waals surface area contributed by atoms with Crippen LogP contribution in [0.4, 0.5) is 0 Å². The van der Waals surface area contributed by atoms with Gasteiger partial charge in [-0.25, -0.2) is 0 Å². The van der Waals surface area contributed by atoms with Gasteiger partial charge in [0, 0.05) is 12.8 Å². The quantitative estimate of drug-likeness (QED) is 0.103. The number of hydrogen-bond acceptors (Lipinski definition) is 4. The zero-order chi connectivity index (χ0) is 35.0. The number of aliphatic carboxylic acids is 1. The molecule has 3 aliphatic carbocycles. The summed E-state index contributed by atoms with van der Waals surface area (Å²) in [6.45, 7) is 6.56. The lowest BCUT2D eigenvalue weighted by Crippen LogP contribution is -2.28. The molecule has 3 nitrogen and oxygen atoms in total. The Morgan fingerprint density at radius 2 is 1.92 bits per heavy atom. The highest BCUT2D eigenvalue weighted by molar-refractivity contribution is 8.26. The summed E-state index contributed by atoms with van der Waals surface area (Å²) in [5.74, 6) is 1.63. The molecular formula is C45H52O3S2. The van der Waals surface area contributed by atoms with Gasteiger partial charge in [-0.3, -0.25) is 9.59 Å². The summed E-state index contributed by atoms with van der Waals surface area (Å²) in [6.07, 6.45) is 25.1. The topological polar surface area (TPSA) is 54.4 Å². The zero-order valence-corrected chi connectivity index (χ0v) is 31.2. The lowest BCUT2D eigenvalue weighted by molar-refractivity contribution is -0.137. The SMILES string of the molecule is C=CC(C/C=C(C)/C=C(\C1=CCCCC1)c1ccccc1)CC1Cc2ccc(/C=C3/SC(=S)CC(CCC(=O)O)CC3=O)cc2C2CCCC12. The normalized spacial score (nSPS) is 25.8. The molecule has 2 fully saturated rings. The van der Waals surface area contributed by atoms with Gasteiger partial charge < -0.3 is 5.11 Å². The Hall–Kier alpha value is -3.28. The van der Waals surface area contributed by atoms with Crippen molar-refractivity contribution < 1.29 is 14.7 Å². The largest absolute Gasteiger partial charge is 0.481 e. The van der Waals surface area contributed by atoms with Gasteiger partial charge in [-0.05, 0) is 147 Å². The van der Waals surface area contributed by atoms with Crippen LogP contribution in [-0.4, -0.2) is 21.1 Å². The Morgan fingerprint density at radius 1 is 1.08 bits per heavy atom. The van der Waals surface area contributed by atoms with Crippen molar-refractivity contribution in [3.05, 3.63) is 118 Å². The van der Waals surface area contributed by atoms with Gasteiger partial charge in [0.15, 0.2) is 5.78 Å². The Kier molecular flexibility index (Phi) is 12.6. The highest BCUT2D eigenvalue weighted by Gasteiger charge is 2.40. The van der Waals surface area contributed by atoms with Crippen molar-refractivity contribution in [3.8, 4) is 0 Å². The second-order valence-corrected chi connectivity index (χ2v) is 16.9. The number of Topliss-reactive ketones (excluding diaryl/α,β-unsaturated/α-hetero) is 1. The molecule has 0 aromatic heterocycles. The fourth-order valence-corrected chi connectivity index (χ4v) is 10.4. The van der Waals surface area contributed by atoms with E-state index in [1.165, 1.54) is 90.1 Å². The first-order chi connectivity index (χ1) is 24.3. The Balaban J connectivity index is 1.15. The molecule has 5 atom stereocenters. The summed E-state index contributed by atoms with van der Waals surface area (Å²) in [5.41, 5.74) is 9.54. The summed E-state index contributed by atoms with van der Waals surface area (Å²) in [4.78, 5) is 25.0. The van der Waals surface area contributed by atoms with E-state index in [1.807, 2.05) is 6.08 Å². The van der Waals surface area contributed by atoms with Crippen molar-refractivity contribution in [1.29, 1.82) is 0 Å². The second-order valence-electron chi connectivity index (χ2n) is 15.1. The van der Waals surface area contributed by atoms with E-state index < -0.39 is 5.97 Å². The summed E-state index contributed by atoms with van der Waals surface area (Å²) >= 11 is 7.02. The van der Waals surface area contributed by atoms with E-state index in [1.54, 1.807) is 0 Å². The predicted octanol–water partition coefficient (Wildman–Crippen LogP) is 12.1. The third-order valence-electron chi connectivity index (χ3n) is 11.5. The van der Waals surface area contributed by atoms with E-state index in [2.05, 4.69) is 86.3 Å². The lowest BCUT2D eigenvalue weighted by atomic mass is 9.67. The molecule has 6 rings (SSSR count). The minimum absolute atomic E-state index is 0.00504. The van der Waals surface area contributed by atoms with Crippen molar-refractivity contribution in [3.63, 3.8) is 0 Å². The van der Waals surface area contributed by atoms with E-state index in [0.29, 0.717) is 47.8 Å². The maximum atomic E-state index is 13.2. The molecule has 1 heterocycles. The fraction of sp³-hybridized carbons (Fsp3) is 0.444. The van der Waals surface area contributed by atoms with Crippen LogP contribution >= 0.6 is 24.0 Å². The van der Waals surface area contributed by atoms with Crippen LogP contribution in [0.2, 0.25) is 0 Å². The Labute approximate surface area is 309 Å². The van der Waals surface area contributed by atoms with Crippen LogP contribution in [0.5, 0.6) is 0 Å². The van der Waals surface area contributed by atoms with Gasteiger partial charge in [0.1, 0.15) is 0 Å². The number of carboxylic acids is 1. The molecule has 4 aliphatic rings. The van der Waals surface area contributed by atoms with E-state index >= 15 is 0 Å². The Bertz CT molecular complexity index is 1710. The predicted molar refractivity (Wildman–Crippen MR) is 214 cm³/mol. The summed E-state index contributed by atoms with van der Waals surface area (Å²) in [7, 11) is 0. The highest BCUT2D eigenvalue weighted by Crippen LogP contribution is 2.51. The first-order valence-electron chi connectivity index (χ1n) is 18.8. The molecule has 50 heavy (non-hydrogen) atoms. The van der Waals surface area contributed by atoms with Crippen molar-refractivity contribution in [2.24, 2.45) is 23.7 Å². The average molecular weight is 705 g/mol. The number of allylic oxidation sites excluding steroid dienone is 8. The summed E-state index contributed by atoms with van der Waals surface area (Å²) in [5, 5.41) is 9.12. The first kappa shape index (κ1) is 36.5. The van der Waals surface area contributed by atoms with E-state index in [-0.39, 0.29) is 18.1 Å². The van der Waals surface area contributed by atoms with Crippen LogP contribution in [0, 0.1) is 23.7 Å². The summed E-state index contributed by atoms with van der Waals surface area (Å²) in [6, 6.07) is 17.7. The van der Waals surface area contributed by atoms with Crippen LogP contribution in [-0.2, 0) is 16.0 Å². The number of thiocarbonyl (C=S) groups is 1. The monoisotopic (exact) mass is 704 g/mol. The van der Waals surface area contributed by atoms with Gasteiger partial charge in [-0.2, -0.15) is 0 Å². The molecular weight excluding hydrogens is 653 g/mol. The third-order valence-corrected chi connectivity index (χ3v) is 12.9. The third kappa shape index (κ3) is 9.33. The molecule has 1 N–H and O–H groups in total. The van der Waals surface area contributed by atoms with Crippen LogP contribution in [0.1, 0.15) is 119 Å². The number of rotatable bonds is 12. The lowest BCUT2D eigenvalue weighted by Gasteiger charge is -2.37. The molecule has 0 radical (unpaired) electrons. The molecule has 1 saturated carbocycles. The molecule has 1 aliphatic heterocycles. The van der Waals surface area contributed by atoms with Crippen LogP contribution in [0.25, 0.3) is 11.6 Å². The minimum Gasteiger partial charge on any atom is -0.481 e. The molecule has 5 heteroatoms. The number of carbonyl (C=O) groups excluding carboxylic acids is 1. The molecule has 1 saturated heterocycles. The van der Waals surface area contributed by atoms with Gasteiger partial charge in [0.2, 0.25) is 0 Å². The molecule has 262 valence electrons. The number of thioether (sulfide) groups is 1. The average Bonchev–Trinajstić information content (AvgIpc) is 3.58. The standard InChI is InChI=1S/C45H52O3S2/c1-3-31(18-17-30(2)23-40(34-11-6-4-7-12-34)35-13-8-5-9-14-35)24-37-29-36-21-19-32(25-41(36)39-16-10-15-38(37)39)27-43-42(46)26-33(20-22-44(47)48)28-45(49)50-43/h3-4,6-7,11-13,17,19,21,23,25,27,31,33,37-39H,1,5,8-10,14-16,18,20,22,24,26,28-29H2,2H3,(H,47,48)/b30-17+,40-23-,43-27+. The minimum atomic E-state index is -0.821. The summed E-state index contributed by atoms with van der Waals surface area (Å²) < 4.78 is 0.783. The van der Waals surface area contributed by atoms with E-state index in [9.17, 15) is 9.59 Å². The van der Waals surface area contributed by atoms with Crippen LogP contribution in [0.15, 0.2) is 95.5 Å². The van der Waals surface area contributed by atoms with Crippen molar-refractivity contribution in [1.82, 2.24) is 0 Å². The van der Waals surface area contributed by atoms with Gasteiger partial charge in [-0.15, -0.1) is 6.58 Å². The maximum Gasteiger partial charge on any atom is 0.303 e. The van der Waals surface area contributed by atoms with E-state index in [4.69, 9.17) is 17.3 Å². The molecule has 2 aromatic rings. The number of carbonyl (C=O) groups is 2.